The maximum Gasteiger partial charge on any atom is 0.267 e. The van der Waals surface area contributed by atoms with E-state index in [9.17, 15) is 9.59 Å². The monoisotopic (exact) mass is 353 g/mol. The van der Waals surface area contributed by atoms with E-state index in [-0.39, 0.29) is 11.6 Å². The number of primary amides is 1. The van der Waals surface area contributed by atoms with Crippen LogP contribution in [0.4, 0.5) is 5.82 Å². The van der Waals surface area contributed by atoms with Crippen LogP contribution in [-0.4, -0.2) is 34.9 Å². The minimum absolute atomic E-state index is 0.133. The Morgan fingerprint density at radius 2 is 1.92 bits per heavy atom. The molecule has 1 aliphatic heterocycles. The number of aromatic nitrogens is 2. The number of carbonyl (C=O) groups is 2. The molecule has 2 aromatic heterocycles. The van der Waals surface area contributed by atoms with Gasteiger partial charge in [0.1, 0.15) is 11.5 Å². The molecular weight excluding hydrogens is 330 g/mol. The second kappa shape index (κ2) is 7.95. The van der Waals surface area contributed by atoms with Crippen LogP contribution in [0.5, 0.6) is 0 Å². The number of pyridine rings is 2. The lowest BCUT2D eigenvalue weighted by Gasteiger charge is -2.31. The third kappa shape index (κ3) is 4.36. The van der Waals surface area contributed by atoms with Crippen molar-refractivity contribution in [1.29, 1.82) is 0 Å². The molecule has 0 spiro atoms. The molecule has 2 aromatic rings. The third-order valence-electron chi connectivity index (χ3n) is 4.65. The highest BCUT2D eigenvalue weighted by atomic mass is 16.2. The average molecular weight is 353 g/mol. The molecule has 0 aromatic carbocycles. The van der Waals surface area contributed by atoms with E-state index >= 15 is 0 Å². The number of hydrogen-bond donors (Lipinski definition) is 2. The number of rotatable bonds is 5. The van der Waals surface area contributed by atoms with Gasteiger partial charge < -0.3 is 16.0 Å². The zero-order chi connectivity index (χ0) is 18.5. The minimum atomic E-state index is -0.619. The maximum absolute atomic E-state index is 12.1. The minimum Gasteiger partial charge on any atom is -0.364 e. The fourth-order valence-corrected chi connectivity index (χ4v) is 2.90. The SMILES string of the molecule is CC1CCN(c2ccc(CNC(=O)c3ccc(C(N)=O)nc3)cn2)CC1. The van der Waals surface area contributed by atoms with Crippen molar-refractivity contribution in [2.75, 3.05) is 18.0 Å². The van der Waals surface area contributed by atoms with Crippen molar-refractivity contribution in [2.45, 2.75) is 26.3 Å². The summed E-state index contributed by atoms with van der Waals surface area (Å²) in [4.78, 5) is 33.8. The van der Waals surface area contributed by atoms with Crippen LogP contribution in [-0.2, 0) is 6.54 Å². The highest BCUT2D eigenvalue weighted by molar-refractivity contribution is 5.95. The fourth-order valence-electron chi connectivity index (χ4n) is 2.90. The van der Waals surface area contributed by atoms with E-state index in [1.807, 2.05) is 12.1 Å². The summed E-state index contributed by atoms with van der Waals surface area (Å²) < 4.78 is 0. The van der Waals surface area contributed by atoms with Gasteiger partial charge in [-0.1, -0.05) is 13.0 Å². The van der Waals surface area contributed by atoms with Gasteiger partial charge in [0.25, 0.3) is 11.8 Å². The Hall–Kier alpha value is -2.96. The molecule has 0 radical (unpaired) electrons. The van der Waals surface area contributed by atoms with Gasteiger partial charge in [-0.05, 0) is 42.5 Å². The van der Waals surface area contributed by atoms with E-state index < -0.39 is 5.91 Å². The second-order valence-corrected chi connectivity index (χ2v) is 6.67. The number of amides is 2. The molecular formula is C19H23N5O2. The van der Waals surface area contributed by atoms with Crippen molar-refractivity contribution in [3.63, 3.8) is 0 Å². The maximum atomic E-state index is 12.1. The lowest BCUT2D eigenvalue weighted by molar-refractivity contribution is 0.0947. The highest BCUT2D eigenvalue weighted by Gasteiger charge is 2.16. The van der Waals surface area contributed by atoms with Crippen LogP contribution in [0.15, 0.2) is 36.7 Å². The van der Waals surface area contributed by atoms with Crippen LogP contribution in [0.2, 0.25) is 0 Å². The summed E-state index contributed by atoms with van der Waals surface area (Å²) in [5.41, 5.74) is 6.57. The first kappa shape index (κ1) is 17.8. The molecule has 3 rings (SSSR count). The fraction of sp³-hybridized carbons (Fsp3) is 0.368. The van der Waals surface area contributed by atoms with Crippen LogP contribution >= 0.6 is 0 Å². The molecule has 136 valence electrons. The van der Waals surface area contributed by atoms with Gasteiger partial charge in [0.15, 0.2) is 0 Å². The van der Waals surface area contributed by atoms with E-state index in [1.54, 1.807) is 6.20 Å². The molecule has 7 nitrogen and oxygen atoms in total. The number of piperidine rings is 1. The first-order valence-corrected chi connectivity index (χ1v) is 8.77. The van der Waals surface area contributed by atoms with Crippen molar-refractivity contribution in [2.24, 2.45) is 11.7 Å². The van der Waals surface area contributed by atoms with Crippen molar-refractivity contribution in [1.82, 2.24) is 15.3 Å². The van der Waals surface area contributed by atoms with Crippen LogP contribution < -0.4 is 16.0 Å². The van der Waals surface area contributed by atoms with Gasteiger partial charge in [0.2, 0.25) is 0 Å². The molecule has 0 aliphatic carbocycles. The Labute approximate surface area is 152 Å². The van der Waals surface area contributed by atoms with Gasteiger partial charge in [0.05, 0.1) is 5.56 Å². The summed E-state index contributed by atoms with van der Waals surface area (Å²) >= 11 is 0. The largest absolute Gasteiger partial charge is 0.364 e. The zero-order valence-electron chi connectivity index (χ0n) is 14.8. The standard InChI is InChI=1S/C19H23N5O2/c1-13-6-8-24(9-7-13)17-5-2-14(10-22-17)11-23-19(26)15-3-4-16(18(20)25)21-12-15/h2-5,10,12-13H,6-9,11H2,1H3,(H2,20,25)(H,23,26). The molecule has 0 saturated carbocycles. The third-order valence-corrected chi connectivity index (χ3v) is 4.65. The number of nitrogens with two attached hydrogens (primary N) is 1. The Balaban J connectivity index is 1.54. The zero-order valence-corrected chi connectivity index (χ0v) is 14.8. The van der Waals surface area contributed by atoms with Gasteiger partial charge >= 0.3 is 0 Å². The van der Waals surface area contributed by atoms with Gasteiger partial charge in [-0.3, -0.25) is 14.6 Å². The Morgan fingerprint density at radius 3 is 2.50 bits per heavy atom. The van der Waals surface area contributed by atoms with Crippen LogP contribution in [0.1, 0.15) is 46.2 Å². The summed E-state index contributed by atoms with van der Waals surface area (Å²) in [6.45, 7) is 4.74. The van der Waals surface area contributed by atoms with Crippen LogP contribution in [0.3, 0.4) is 0 Å². The van der Waals surface area contributed by atoms with E-state index in [0.29, 0.717) is 12.1 Å². The van der Waals surface area contributed by atoms with E-state index in [0.717, 1.165) is 30.4 Å². The quantitative estimate of drug-likeness (QED) is 0.853. The molecule has 7 heteroatoms. The molecule has 1 saturated heterocycles. The molecule has 1 aliphatic rings. The highest BCUT2D eigenvalue weighted by Crippen LogP contribution is 2.21. The first-order chi connectivity index (χ1) is 12.5. The van der Waals surface area contributed by atoms with Crippen LogP contribution in [0.25, 0.3) is 0 Å². The smallest absolute Gasteiger partial charge is 0.267 e. The van der Waals surface area contributed by atoms with Crippen molar-refractivity contribution < 1.29 is 9.59 Å². The molecule has 0 atom stereocenters. The molecule has 0 bridgehead atoms. The summed E-state index contributed by atoms with van der Waals surface area (Å²) in [5.74, 6) is 0.888. The summed E-state index contributed by atoms with van der Waals surface area (Å²) in [5, 5.41) is 2.82. The predicted molar refractivity (Wildman–Crippen MR) is 98.8 cm³/mol. The average Bonchev–Trinajstić information content (AvgIpc) is 2.67. The molecule has 0 unspecified atom stereocenters. The van der Waals surface area contributed by atoms with Crippen molar-refractivity contribution in [3.05, 3.63) is 53.5 Å². The topological polar surface area (TPSA) is 101 Å². The van der Waals surface area contributed by atoms with E-state index in [2.05, 4.69) is 27.1 Å². The molecule has 3 N–H and O–H groups in total. The Bertz CT molecular complexity index is 766. The van der Waals surface area contributed by atoms with Crippen LogP contribution in [0, 0.1) is 5.92 Å². The van der Waals surface area contributed by atoms with Gasteiger partial charge in [-0.15, -0.1) is 0 Å². The lowest BCUT2D eigenvalue weighted by atomic mass is 9.99. The number of hydrogen-bond acceptors (Lipinski definition) is 5. The Morgan fingerprint density at radius 1 is 1.15 bits per heavy atom. The predicted octanol–water partition coefficient (Wildman–Crippen LogP) is 1.74. The van der Waals surface area contributed by atoms with Crippen molar-refractivity contribution in [3.8, 4) is 0 Å². The summed E-state index contributed by atoms with van der Waals surface area (Å²) in [7, 11) is 0. The number of nitrogens with one attached hydrogen (secondary N) is 1. The Kier molecular flexibility index (Phi) is 5.46. The first-order valence-electron chi connectivity index (χ1n) is 8.77. The normalized spacial score (nSPS) is 14.9. The van der Waals surface area contributed by atoms with Crippen molar-refractivity contribution >= 4 is 17.6 Å². The summed E-state index contributed by atoms with van der Waals surface area (Å²) in [6.07, 6.45) is 5.53. The molecule has 3 heterocycles. The molecule has 1 fully saturated rings. The second-order valence-electron chi connectivity index (χ2n) is 6.67. The molecule has 2 amide bonds. The van der Waals surface area contributed by atoms with Gasteiger partial charge in [-0.25, -0.2) is 4.98 Å². The van der Waals surface area contributed by atoms with E-state index in [4.69, 9.17) is 5.73 Å². The van der Waals surface area contributed by atoms with E-state index in [1.165, 1.54) is 31.2 Å². The van der Waals surface area contributed by atoms with Gasteiger partial charge in [0, 0.05) is 32.0 Å². The number of carbonyl (C=O) groups excluding carboxylic acids is 2. The summed E-state index contributed by atoms with van der Waals surface area (Å²) in [6, 6.07) is 6.95. The number of anilines is 1. The van der Waals surface area contributed by atoms with Gasteiger partial charge in [-0.2, -0.15) is 0 Å². The number of nitrogens with zero attached hydrogens (tertiary/aromatic N) is 3. The lowest BCUT2D eigenvalue weighted by Crippen LogP contribution is -2.33. The molecule has 26 heavy (non-hydrogen) atoms.